The van der Waals surface area contributed by atoms with Gasteiger partial charge in [-0.05, 0) is 25.8 Å². The van der Waals surface area contributed by atoms with Crippen LogP contribution in [0.3, 0.4) is 0 Å². The van der Waals surface area contributed by atoms with E-state index in [0.717, 1.165) is 61.4 Å². The molecule has 0 atom stereocenters. The average Bonchev–Trinajstić information content (AvgIpc) is 3.51. The number of likely N-dealkylation sites (tertiary alicyclic amines) is 1. The molecule has 0 aromatic carbocycles. The van der Waals surface area contributed by atoms with Crippen LogP contribution in [0.2, 0.25) is 0 Å². The summed E-state index contributed by atoms with van der Waals surface area (Å²) in [6.07, 6.45) is 9.55. The lowest BCUT2D eigenvalue weighted by atomic mass is 10.1. The van der Waals surface area contributed by atoms with Crippen LogP contribution < -0.4 is 15.2 Å². The first kappa shape index (κ1) is 22.5. The Morgan fingerprint density at radius 2 is 1.94 bits per heavy atom. The molecule has 1 saturated heterocycles. The first-order valence-electron chi connectivity index (χ1n) is 11.0. The summed E-state index contributed by atoms with van der Waals surface area (Å²) >= 11 is 0. The van der Waals surface area contributed by atoms with Gasteiger partial charge in [0, 0.05) is 38.7 Å². The molecule has 174 valence electrons. The van der Waals surface area contributed by atoms with E-state index in [4.69, 9.17) is 4.74 Å². The molecule has 3 aromatic heterocycles. The molecule has 3 aromatic rings. The van der Waals surface area contributed by atoms with Crippen molar-refractivity contribution in [2.24, 2.45) is 7.05 Å². The lowest BCUT2D eigenvalue weighted by Crippen LogP contribution is -2.35. The molecular formula is C23H29N7O3. The predicted molar refractivity (Wildman–Crippen MR) is 123 cm³/mol. The van der Waals surface area contributed by atoms with E-state index in [2.05, 4.69) is 24.8 Å². The van der Waals surface area contributed by atoms with Gasteiger partial charge in [0.05, 0.1) is 55.6 Å². The van der Waals surface area contributed by atoms with Gasteiger partial charge in [-0.2, -0.15) is 0 Å². The fourth-order valence-corrected chi connectivity index (χ4v) is 4.15. The molecule has 1 amide bonds. The number of H-pyrrole nitrogens is 1. The molecule has 0 saturated carbocycles. The molecule has 10 heteroatoms. The SMILES string of the molecule is COc1ncc(N2CCc3nc[nH]c(=O)c3C2)cc1C.Cn1cncc1C(=O)N1CCCC1. The molecule has 1 N–H and O–H groups in total. The van der Waals surface area contributed by atoms with Gasteiger partial charge in [-0.15, -0.1) is 0 Å². The van der Waals surface area contributed by atoms with Gasteiger partial charge >= 0.3 is 0 Å². The highest BCUT2D eigenvalue weighted by atomic mass is 16.5. The van der Waals surface area contributed by atoms with E-state index in [0.29, 0.717) is 18.1 Å². The summed E-state index contributed by atoms with van der Waals surface area (Å²) in [6.45, 7) is 5.14. The molecule has 0 radical (unpaired) electrons. The van der Waals surface area contributed by atoms with Crippen molar-refractivity contribution in [1.82, 2.24) is 29.4 Å². The summed E-state index contributed by atoms with van der Waals surface area (Å²) in [5.74, 6) is 0.739. The van der Waals surface area contributed by atoms with Crippen LogP contribution >= 0.6 is 0 Å². The van der Waals surface area contributed by atoms with Crippen LogP contribution in [0, 0.1) is 6.92 Å². The van der Waals surface area contributed by atoms with Crippen molar-refractivity contribution < 1.29 is 9.53 Å². The Hall–Kier alpha value is -3.69. The Morgan fingerprint density at radius 1 is 1.15 bits per heavy atom. The molecule has 0 spiro atoms. The van der Waals surface area contributed by atoms with Crippen LogP contribution in [0.5, 0.6) is 5.88 Å². The average molecular weight is 452 g/mol. The molecule has 0 bridgehead atoms. The van der Waals surface area contributed by atoms with E-state index in [1.165, 1.54) is 6.33 Å². The maximum Gasteiger partial charge on any atom is 0.272 e. The van der Waals surface area contributed by atoms with Crippen molar-refractivity contribution in [3.05, 3.63) is 64.0 Å². The van der Waals surface area contributed by atoms with E-state index in [-0.39, 0.29) is 11.5 Å². The van der Waals surface area contributed by atoms with Gasteiger partial charge in [-0.1, -0.05) is 0 Å². The Kier molecular flexibility index (Phi) is 6.71. The quantitative estimate of drug-likeness (QED) is 0.645. The maximum atomic E-state index is 11.9. The van der Waals surface area contributed by atoms with E-state index >= 15 is 0 Å². The number of aryl methyl sites for hydroxylation is 2. The number of hydrogen-bond donors (Lipinski definition) is 1. The molecule has 1 fully saturated rings. The van der Waals surface area contributed by atoms with Crippen molar-refractivity contribution in [2.75, 3.05) is 31.6 Å². The lowest BCUT2D eigenvalue weighted by Gasteiger charge is -2.29. The van der Waals surface area contributed by atoms with Crippen molar-refractivity contribution >= 4 is 11.6 Å². The van der Waals surface area contributed by atoms with Crippen LogP contribution in [-0.4, -0.2) is 62.1 Å². The number of nitrogens with zero attached hydrogens (tertiary/aromatic N) is 6. The molecule has 33 heavy (non-hydrogen) atoms. The highest BCUT2D eigenvalue weighted by molar-refractivity contribution is 5.92. The second kappa shape index (κ2) is 9.85. The van der Waals surface area contributed by atoms with Gasteiger partial charge in [0.15, 0.2) is 0 Å². The van der Waals surface area contributed by atoms with Gasteiger partial charge in [0.2, 0.25) is 5.88 Å². The predicted octanol–water partition coefficient (Wildman–Crippen LogP) is 1.70. The number of fused-ring (bicyclic) bond motifs is 1. The standard InChI is InChI=1S/C14H16N4O2.C9H13N3O/c1-9-5-10(6-15-14(9)20-2)18-4-3-12-11(7-18)13(19)17-8-16-12;1-11-7-10-6-8(11)9(13)12-4-2-3-5-12/h5-6,8H,3-4,7H2,1-2H3,(H,16,17,19);6-7H,2-5H2,1H3. The lowest BCUT2D eigenvalue weighted by molar-refractivity contribution is 0.0783. The fourth-order valence-electron chi connectivity index (χ4n) is 4.15. The number of pyridine rings is 1. The number of ether oxygens (including phenoxy) is 1. The highest BCUT2D eigenvalue weighted by Crippen LogP contribution is 2.25. The van der Waals surface area contributed by atoms with Gasteiger partial charge in [-0.25, -0.2) is 15.0 Å². The Balaban J connectivity index is 0.000000172. The molecule has 2 aliphatic heterocycles. The molecule has 0 aliphatic carbocycles. The zero-order valence-corrected chi connectivity index (χ0v) is 19.2. The summed E-state index contributed by atoms with van der Waals surface area (Å²) in [4.78, 5) is 42.7. The zero-order chi connectivity index (χ0) is 23.4. The molecule has 2 aliphatic rings. The Morgan fingerprint density at radius 3 is 2.61 bits per heavy atom. The molecule has 5 heterocycles. The number of anilines is 1. The smallest absolute Gasteiger partial charge is 0.272 e. The fraction of sp³-hybridized carbons (Fsp3) is 0.435. The highest BCUT2D eigenvalue weighted by Gasteiger charge is 2.22. The van der Waals surface area contributed by atoms with E-state index < -0.39 is 0 Å². The topological polar surface area (TPSA) is 109 Å². The van der Waals surface area contributed by atoms with E-state index in [9.17, 15) is 9.59 Å². The van der Waals surface area contributed by atoms with Crippen LogP contribution in [0.4, 0.5) is 5.69 Å². The second-order valence-corrected chi connectivity index (χ2v) is 8.24. The number of methoxy groups -OCH3 is 1. The number of carbonyl (C=O) groups is 1. The second-order valence-electron chi connectivity index (χ2n) is 8.24. The maximum absolute atomic E-state index is 11.9. The minimum Gasteiger partial charge on any atom is -0.481 e. The van der Waals surface area contributed by atoms with Crippen molar-refractivity contribution in [1.29, 1.82) is 0 Å². The van der Waals surface area contributed by atoms with Crippen LogP contribution in [-0.2, 0) is 20.0 Å². The summed E-state index contributed by atoms with van der Waals surface area (Å²) in [7, 11) is 3.45. The number of hydrogen-bond acceptors (Lipinski definition) is 7. The largest absolute Gasteiger partial charge is 0.481 e. The monoisotopic (exact) mass is 451 g/mol. The Labute approximate surface area is 192 Å². The number of amides is 1. The first-order chi connectivity index (χ1) is 16.0. The summed E-state index contributed by atoms with van der Waals surface area (Å²) in [6, 6.07) is 2.03. The third kappa shape index (κ3) is 4.89. The number of rotatable bonds is 3. The van der Waals surface area contributed by atoms with Gasteiger partial charge in [-0.3, -0.25) is 9.59 Å². The van der Waals surface area contributed by atoms with Crippen molar-refractivity contribution in [3.63, 3.8) is 0 Å². The molecular weight excluding hydrogens is 422 g/mol. The normalized spacial score (nSPS) is 15.0. The van der Waals surface area contributed by atoms with Crippen LogP contribution in [0.15, 0.2) is 35.9 Å². The third-order valence-corrected chi connectivity index (χ3v) is 6.01. The van der Waals surface area contributed by atoms with E-state index in [1.54, 1.807) is 30.4 Å². The number of carbonyl (C=O) groups excluding carboxylic acids is 1. The summed E-state index contributed by atoms with van der Waals surface area (Å²) in [5, 5.41) is 0. The molecule has 10 nitrogen and oxygen atoms in total. The van der Waals surface area contributed by atoms with Crippen LogP contribution in [0.25, 0.3) is 0 Å². The number of aromatic nitrogens is 5. The van der Waals surface area contributed by atoms with E-state index in [1.807, 2.05) is 24.9 Å². The first-order valence-corrected chi connectivity index (χ1v) is 11.0. The minimum absolute atomic E-state index is 0.0575. The number of imidazole rings is 1. The van der Waals surface area contributed by atoms with Crippen LogP contribution in [0.1, 0.15) is 40.2 Å². The Bertz CT molecular complexity index is 1180. The summed E-state index contributed by atoms with van der Waals surface area (Å²) in [5.41, 5.74) is 4.24. The van der Waals surface area contributed by atoms with Crippen molar-refractivity contribution in [2.45, 2.75) is 32.7 Å². The number of nitrogens with one attached hydrogen (secondary N) is 1. The van der Waals surface area contributed by atoms with Crippen molar-refractivity contribution in [3.8, 4) is 5.88 Å². The van der Waals surface area contributed by atoms with Gasteiger partial charge in [0.25, 0.3) is 11.5 Å². The third-order valence-electron chi connectivity index (χ3n) is 6.01. The summed E-state index contributed by atoms with van der Waals surface area (Å²) < 4.78 is 6.93. The molecule has 5 rings (SSSR count). The zero-order valence-electron chi connectivity index (χ0n) is 19.2. The number of aromatic amines is 1. The van der Waals surface area contributed by atoms with Gasteiger partial charge < -0.3 is 24.1 Å². The molecule has 0 unspecified atom stereocenters. The van der Waals surface area contributed by atoms with Gasteiger partial charge in [0.1, 0.15) is 5.69 Å². The minimum atomic E-state index is -0.0575.